The summed E-state index contributed by atoms with van der Waals surface area (Å²) in [4.78, 5) is 8.90. The molecule has 0 amide bonds. The average Bonchev–Trinajstić information content (AvgIpc) is 2.93. The van der Waals surface area contributed by atoms with Crippen molar-refractivity contribution in [2.45, 2.75) is 32.6 Å². The Morgan fingerprint density at radius 1 is 1.21 bits per heavy atom. The molecule has 4 rings (SSSR count). The summed E-state index contributed by atoms with van der Waals surface area (Å²) >= 11 is 6.85. The number of nitrogens with zero attached hydrogens (tertiary/aromatic N) is 4. The van der Waals surface area contributed by atoms with Gasteiger partial charge in [0.2, 0.25) is 5.88 Å². The number of hydrogen-bond acceptors (Lipinski definition) is 5. The van der Waals surface area contributed by atoms with Crippen molar-refractivity contribution in [1.82, 2.24) is 9.80 Å². The number of aliphatic imine (C=N–C) groups is 1. The van der Waals surface area contributed by atoms with E-state index in [1.165, 1.54) is 0 Å². The summed E-state index contributed by atoms with van der Waals surface area (Å²) in [5.74, 6) is 0.0684. The highest BCUT2D eigenvalue weighted by molar-refractivity contribution is 6.41. The number of piperidine rings is 1. The maximum atomic E-state index is 16.6. The summed E-state index contributed by atoms with van der Waals surface area (Å²) in [5.41, 5.74) is 2.73. The SMILES string of the molecule is C=C(/N=C1/C(F)=C(c2cccc3ccccc23)C(Cl)=C/C1=C(/C)N1CCC(CC#N)CC1)OCCCN(C)C. The van der Waals surface area contributed by atoms with Gasteiger partial charge in [0, 0.05) is 42.9 Å². The second-order valence-corrected chi connectivity index (χ2v) is 10.8. The first kappa shape index (κ1) is 28.6. The summed E-state index contributed by atoms with van der Waals surface area (Å²) in [6, 6.07) is 16.0. The molecule has 0 bridgehead atoms. The Kier molecular flexibility index (Phi) is 9.61. The van der Waals surface area contributed by atoms with Gasteiger partial charge in [0.15, 0.2) is 5.83 Å². The highest BCUT2D eigenvalue weighted by Gasteiger charge is 2.30. The molecule has 2 aliphatic rings. The second-order valence-electron chi connectivity index (χ2n) is 10.4. The summed E-state index contributed by atoms with van der Waals surface area (Å²) in [5, 5.41) is 11.3. The molecule has 0 spiro atoms. The van der Waals surface area contributed by atoms with Crippen molar-refractivity contribution in [2.75, 3.05) is 40.3 Å². The lowest BCUT2D eigenvalue weighted by atomic mass is 9.89. The number of ether oxygens (including phenoxy) is 1. The number of hydrogen-bond donors (Lipinski definition) is 0. The molecule has 1 saturated heterocycles. The summed E-state index contributed by atoms with van der Waals surface area (Å²) in [7, 11) is 4.01. The van der Waals surface area contributed by atoms with E-state index in [4.69, 9.17) is 21.6 Å². The van der Waals surface area contributed by atoms with E-state index < -0.39 is 5.83 Å². The molecule has 7 heteroatoms. The molecule has 0 N–H and O–H groups in total. The van der Waals surface area contributed by atoms with Crippen molar-refractivity contribution in [3.63, 3.8) is 0 Å². The summed E-state index contributed by atoms with van der Waals surface area (Å²) in [6.07, 6.45) is 5.03. The number of allylic oxidation sites excluding steroid dienone is 6. The van der Waals surface area contributed by atoms with Gasteiger partial charge in [-0.2, -0.15) is 5.26 Å². The van der Waals surface area contributed by atoms with Crippen LogP contribution in [0, 0.1) is 17.2 Å². The van der Waals surface area contributed by atoms with Crippen molar-refractivity contribution >= 4 is 33.7 Å². The third-order valence-electron chi connectivity index (χ3n) is 7.36. The zero-order valence-electron chi connectivity index (χ0n) is 23.0. The molecule has 5 nitrogen and oxygen atoms in total. The number of rotatable bonds is 9. The summed E-state index contributed by atoms with van der Waals surface area (Å²) < 4.78 is 22.4. The van der Waals surface area contributed by atoms with Gasteiger partial charge in [0.25, 0.3) is 0 Å². The molecule has 2 aromatic rings. The van der Waals surface area contributed by atoms with Crippen LogP contribution in [-0.2, 0) is 4.74 Å². The third-order valence-corrected chi connectivity index (χ3v) is 7.66. The van der Waals surface area contributed by atoms with E-state index in [1.54, 1.807) is 0 Å². The van der Waals surface area contributed by atoms with Crippen molar-refractivity contribution in [1.29, 1.82) is 5.26 Å². The Balaban J connectivity index is 1.74. The van der Waals surface area contributed by atoms with E-state index in [2.05, 4.69) is 27.4 Å². The molecule has 0 atom stereocenters. The van der Waals surface area contributed by atoms with E-state index in [0.29, 0.717) is 40.7 Å². The molecule has 1 heterocycles. The number of nitriles is 1. The van der Waals surface area contributed by atoms with Gasteiger partial charge in [-0.3, -0.25) is 0 Å². The van der Waals surface area contributed by atoms with Crippen LogP contribution in [0.3, 0.4) is 0 Å². The molecule has 1 fully saturated rings. The maximum absolute atomic E-state index is 16.6. The van der Waals surface area contributed by atoms with Gasteiger partial charge >= 0.3 is 0 Å². The zero-order valence-corrected chi connectivity index (χ0v) is 23.8. The molecular formula is C32H36ClFN4O. The van der Waals surface area contributed by atoms with E-state index in [0.717, 1.165) is 55.4 Å². The van der Waals surface area contributed by atoms with Gasteiger partial charge in [0.1, 0.15) is 5.71 Å². The first-order valence-corrected chi connectivity index (χ1v) is 13.8. The quantitative estimate of drug-likeness (QED) is 0.242. The second kappa shape index (κ2) is 13.1. The van der Waals surface area contributed by atoms with Crippen LogP contribution < -0.4 is 0 Å². The number of likely N-dealkylation sites (tertiary alicyclic amines) is 1. The van der Waals surface area contributed by atoms with Crippen molar-refractivity contribution in [3.05, 3.63) is 88.7 Å². The third kappa shape index (κ3) is 6.79. The highest BCUT2D eigenvalue weighted by atomic mass is 35.5. The van der Waals surface area contributed by atoms with Crippen LogP contribution in [-0.4, -0.2) is 55.8 Å². The van der Waals surface area contributed by atoms with Crippen molar-refractivity contribution < 1.29 is 9.13 Å². The largest absolute Gasteiger partial charge is 0.478 e. The monoisotopic (exact) mass is 546 g/mol. The van der Waals surface area contributed by atoms with Gasteiger partial charge in [-0.15, -0.1) is 0 Å². The van der Waals surface area contributed by atoms with E-state index in [1.807, 2.05) is 69.6 Å². The molecule has 0 aromatic heterocycles. The standard InChI is InChI=1S/C32H36ClFN4O/c1-22(38-18-14-24(13-16-35)15-19-38)28-21-29(33)30(27-12-7-10-25-9-5-6-11-26(25)27)31(34)32(28)36-23(2)39-20-8-17-37(3)4/h5-7,9-12,21,24H,2,8,13-15,17-20H2,1,3-4H3/b28-22+,36-32+. The lowest BCUT2D eigenvalue weighted by molar-refractivity contribution is 0.196. The van der Waals surface area contributed by atoms with Crippen molar-refractivity contribution in [2.24, 2.45) is 10.9 Å². The van der Waals surface area contributed by atoms with E-state index in [9.17, 15) is 0 Å². The number of fused-ring (bicyclic) bond motifs is 1. The Morgan fingerprint density at radius 3 is 2.64 bits per heavy atom. The van der Waals surface area contributed by atoms with Crippen molar-refractivity contribution in [3.8, 4) is 6.07 Å². The van der Waals surface area contributed by atoms with Crippen LogP contribution >= 0.6 is 11.6 Å². The fourth-order valence-corrected chi connectivity index (χ4v) is 5.48. The predicted octanol–water partition coefficient (Wildman–Crippen LogP) is 7.44. The minimum absolute atomic E-state index is 0.167. The van der Waals surface area contributed by atoms with Gasteiger partial charge < -0.3 is 14.5 Å². The Morgan fingerprint density at radius 2 is 1.92 bits per heavy atom. The Labute approximate surface area is 236 Å². The topological polar surface area (TPSA) is 51.9 Å². The molecule has 204 valence electrons. The van der Waals surface area contributed by atoms with Crippen LogP contribution in [0.2, 0.25) is 0 Å². The first-order chi connectivity index (χ1) is 18.8. The van der Waals surface area contributed by atoms with Gasteiger partial charge in [-0.25, -0.2) is 9.38 Å². The van der Waals surface area contributed by atoms with E-state index >= 15 is 4.39 Å². The highest BCUT2D eigenvalue weighted by Crippen LogP contribution is 2.41. The van der Waals surface area contributed by atoms with Gasteiger partial charge in [0.05, 0.1) is 17.7 Å². The molecule has 0 unspecified atom stereocenters. The molecule has 39 heavy (non-hydrogen) atoms. The number of halogens is 2. The van der Waals surface area contributed by atoms with Crippen LogP contribution in [0.1, 0.15) is 38.2 Å². The average molecular weight is 547 g/mol. The number of benzene rings is 2. The Hall–Kier alpha value is -3.40. The molecular weight excluding hydrogens is 511 g/mol. The zero-order chi connectivity index (χ0) is 27.9. The lowest BCUT2D eigenvalue weighted by Crippen LogP contribution is -2.33. The smallest absolute Gasteiger partial charge is 0.206 e. The maximum Gasteiger partial charge on any atom is 0.206 e. The first-order valence-electron chi connectivity index (χ1n) is 13.4. The molecule has 0 saturated carbocycles. The Bertz CT molecular complexity index is 1390. The normalized spacial score (nSPS) is 18.9. The predicted molar refractivity (Wildman–Crippen MR) is 159 cm³/mol. The van der Waals surface area contributed by atoms with Crippen LogP contribution in [0.4, 0.5) is 4.39 Å². The summed E-state index contributed by atoms with van der Waals surface area (Å²) in [6.45, 7) is 8.85. The molecule has 0 radical (unpaired) electrons. The molecule has 1 aliphatic carbocycles. The van der Waals surface area contributed by atoms with Crippen LogP contribution in [0.15, 0.2) is 88.1 Å². The minimum Gasteiger partial charge on any atom is -0.478 e. The van der Waals surface area contributed by atoms with Crippen LogP contribution in [0.5, 0.6) is 0 Å². The fourth-order valence-electron chi connectivity index (χ4n) is 5.18. The minimum atomic E-state index is -0.495. The van der Waals surface area contributed by atoms with Crippen LogP contribution in [0.25, 0.3) is 16.3 Å². The molecule has 1 aliphatic heterocycles. The molecule has 2 aromatic carbocycles. The fraction of sp³-hybridized carbons (Fsp3) is 0.375. The van der Waals surface area contributed by atoms with E-state index in [-0.39, 0.29) is 11.6 Å². The lowest BCUT2D eigenvalue weighted by Gasteiger charge is -2.35. The van der Waals surface area contributed by atoms with Gasteiger partial charge in [-0.05, 0) is 75.2 Å². The van der Waals surface area contributed by atoms with Gasteiger partial charge in [-0.1, -0.05) is 54.1 Å².